The molecule has 1 N–H and O–H groups in total. The van der Waals surface area contributed by atoms with Crippen LogP contribution in [0.5, 0.6) is 0 Å². The first kappa shape index (κ1) is 11.9. The molecular formula is C13H12BrNO2. The second-order valence-corrected chi connectivity index (χ2v) is 4.70. The van der Waals surface area contributed by atoms with Gasteiger partial charge in [-0.15, -0.1) is 0 Å². The molecule has 4 heteroatoms. The van der Waals surface area contributed by atoms with Gasteiger partial charge in [0.2, 0.25) is 0 Å². The average molecular weight is 294 g/mol. The minimum atomic E-state index is -0.248. The molecule has 0 aliphatic carbocycles. The number of amides is 1. The highest BCUT2D eigenvalue weighted by molar-refractivity contribution is 9.10. The summed E-state index contributed by atoms with van der Waals surface area (Å²) < 4.78 is 6.11. The molecule has 0 atom stereocenters. The van der Waals surface area contributed by atoms with E-state index in [1.165, 1.54) is 0 Å². The van der Waals surface area contributed by atoms with E-state index < -0.39 is 0 Å². The maximum Gasteiger partial charge on any atom is 0.291 e. The summed E-state index contributed by atoms with van der Waals surface area (Å²) in [4.78, 5) is 11.8. The van der Waals surface area contributed by atoms with Gasteiger partial charge in [-0.3, -0.25) is 4.79 Å². The molecule has 0 bridgehead atoms. The van der Waals surface area contributed by atoms with Gasteiger partial charge in [-0.1, -0.05) is 6.07 Å². The molecule has 3 nitrogen and oxygen atoms in total. The molecular weight excluding hydrogens is 282 g/mol. The molecule has 1 heterocycles. The number of benzene rings is 1. The van der Waals surface area contributed by atoms with Crippen LogP contribution in [-0.4, -0.2) is 5.91 Å². The maximum atomic E-state index is 11.8. The van der Waals surface area contributed by atoms with Crippen LogP contribution in [-0.2, 0) is 0 Å². The Morgan fingerprint density at radius 1 is 1.24 bits per heavy atom. The van der Waals surface area contributed by atoms with Crippen LogP contribution in [0.25, 0.3) is 0 Å². The summed E-state index contributed by atoms with van der Waals surface area (Å²) in [7, 11) is 0. The third kappa shape index (κ3) is 2.77. The molecule has 17 heavy (non-hydrogen) atoms. The summed E-state index contributed by atoms with van der Waals surface area (Å²) in [6, 6.07) is 9.16. The van der Waals surface area contributed by atoms with Crippen LogP contribution < -0.4 is 5.32 Å². The van der Waals surface area contributed by atoms with Crippen molar-refractivity contribution in [2.24, 2.45) is 0 Å². The summed E-state index contributed by atoms with van der Waals surface area (Å²) in [5, 5.41) is 2.79. The number of furan rings is 1. The lowest BCUT2D eigenvalue weighted by molar-refractivity contribution is 0.0995. The molecule has 2 rings (SSSR count). The third-order valence-corrected chi connectivity index (χ3v) is 2.99. The lowest BCUT2D eigenvalue weighted by Crippen LogP contribution is -2.11. The van der Waals surface area contributed by atoms with E-state index in [2.05, 4.69) is 21.2 Å². The molecule has 0 saturated carbocycles. The monoisotopic (exact) mass is 293 g/mol. The summed E-state index contributed by atoms with van der Waals surface area (Å²) in [5.41, 5.74) is 1.86. The van der Waals surface area contributed by atoms with Crippen LogP contribution in [0.1, 0.15) is 21.9 Å². The number of hydrogen-bond donors (Lipinski definition) is 1. The molecule has 0 aliphatic rings. The SMILES string of the molecule is Cc1ccc(NC(=O)c2ccc(C)o2)c(Br)c1. The van der Waals surface area contributed by atoms with E-state index in [0.717, 1.165) is 21.5 Å². The zero-order valence-electron chi connectivity index (χ0n) is 9.58. The second-order valence-electron chi connectivity index (χ2n) is 3.85. The van der Waals surface area contributed by atoms with Gasteiger partial charge in [0.15, 0.2) is 5.76 Å². The van der Waals surface area contributed by atoms with Crippen molar-refractivity contribution in [1.82, 2.24) is 0 Å². The van der Waals surface area contributed by atoms with Crippen LogP contribution in [0.15, 0.2) is 39.2 Å². The largest absolute Gasteiger partial charge is 0.456 e. The van der Waals surface area contributed by atoms with Crippen molar-refractivity contribution in [2.45, 2.75) is 13.8 Å². The highest BCUT2D eigenvalue weighted by atomic mass is 79.9. The quantitative estimate of drug-likeness (QED) is 0.912. The summed E-state index contributed by atoms with van der Waals surface area (Å²) >= 11 is 3.41. The predicted molar refractivity (Wildman–Crippen MR) is 70.3 cm³/mol. The van der Waals surface area contributed by atoms with Gasteiger partial charge >= 0.3 is 0 Å². The minimum Gasteiger partial charge on any atom is -0.456 e. The molecule has 1 aromatic carbocycles. The van der Waals surface area contributed by atoms with Crippen LogP contribution in [0.2, 0.25) is 0 Å². The van der Waals surface area contributed by atoms with E-state index in [9.17, 15) is 4.79 Å². The standard InChI is InChI=1S/C13H12BrNO2/c1-8-3-5-11(10(14)7-8)15-13(16)12-6-4-9(2)17-12/h3-7H,1-2H3,(H,15,16). The Bertz CT molecular complexity index is 560. The van der Waals surface area contributed by atoms with Crippen molar-refractivity contribution in [3.05, 3.63) is 51.9 Å². The number of carbonyl (C=O) groups excluding carboxylic acids is 1. The summed E-state index contributed by atoms with van der Waals surface area (Å²) in [6.45, 7) is 3.80. The number of carbonyl (C=O) groups is 1. The normalized spacial score (nSPS) is 10.3. The van der Waals surface area contributed by atoms with Crippen LogP contribution in [0.3, 0.4) is 0 Å². The molecule has 1 amide bonds. The van der Waals surface area contributed by atoms with E-state index in [-0.39, 0.29) is 5.91 Å². The molecule has 0 radical (unpaired) electrons. The first-order valence-corrected chi connectivity index (χ1v) is 5.99. The van der Waals surface area contributed by atoms with Crippen LogP contribution in [0, 0.1) is 13.8 Å². The van der Waals surface area contributed by atoms with Gasteiger partial charge in [0.05, 0.1) is 5.69 Å². The molecule has 88 valence electrons. The number of nitrogens with one attached hydrogen (secondary N) is 1. The fourth-order valence-corrected chi connectivity index (χ4v) is 2.05. The van der Waals surface area contributed by atoms with Gasteiger partial charge < -0.3 is 9.73 Å². The number of aryl methyl sites for hydroxylation is 2. The van der Waals surface area contributed by atoms with Crippen molar-refractivity contribution < 1.29 is 9.21 Å². The Balaban J connectivity index is 2.18. The smallest absolute Gasteiger partial charge is 0.291 e. The topological polar surface area (TPSA) is 42.2 Å². The van der Waals surface area contributed by atoms with E-state index >= 15 is 0 Å². The van der Waals surface area contributed by atoms with Gasteiger partial charge in [-0.2, -0.15) is 0 Å². The molecule has 1 aromatic heterocycles. The molecule has 0 fully saturated rings. The Labute approximate surface area is 108 Å². The van der Waals surface area contributed by atoms with E-state index in [0.29, 0.717) is 5.76 Å². The summed E-state index contributed by atoms with van der Waals surface area (Å²) in [6.07, 6.45) is 0. The van der Waals surface area contributed by atoms with Crippen molar-refractivity contribution in [2.75, 3.05) is 5.32 Å². The highest BCUT2D eigenvalue weighted by Crippen LogP contribution is 2.24. The number of rotatable bonds is 2. The zero-order valence-corrected chi connectivity index (χ0v) is 11.2. The second kappa shape index (κ2) is 4.75. The first-order chi connectivity index (χ1) is 8.06. The number of halogens is 1. The van der Waals surface area contributed by atoms with E-state index in [1.807, 2.05) is 25.1 Å². The van der Waals surface area contributed by atoms with Gasteiger partial charge in [-0.05, 0) is 59.6 Å². The van der Waals surface area contributed by atoms with Crippen molar-refractivity contribution >= 4 is 27.5 Å². The predicted octanol–water partition coefficient (Wildman–Crippen LogP) is 3.91. The van der Waals surface area contributed by atoms with Gasteiger partial charge in [-0.25, -0.2) is 0 Å². The van der Waals surface area contributed by atoms with Gasteiger partial charge in [0.25, 0.3) is 5.91 Å². The van der Waals surface area contributed by atoms with Gasteiger partial charge in [0.1, 0.15) is 5.76 Å². The van der Waals surface area contributed by atoms with E-state index in [1.54, 1.807) is 19.1 Å². The third-order valence-electron chi connectivity index (χ3n) is 2.34. The average Bonchev–Trinajstić information content (AvgIpc) is 2.69. The Morgan fingerprint density at radius 2 is 2.00 bits per heavy atom. The van der Waals surface area contributed by atoms with Gasteiger partial charge in [0, 0.05) is 4.47 Å². The molecule has 0 spiro atoms. The van der Waals surface area contributed by atoms with E-state index in [4.69, 9.17) is 4.42 Å². The Hall–Kier alpha value is -1.55. The highest BCUT2D eigenvalue weighted by Gasteiger charge is 2.11. The Morgan fingerprint density at radius 3 is 2.59 bits per heavy atom. The lowest BCUT2D eigenvalue weighted by atomic mass is 10.2. The van der Waals surface area contributed by atoms with Crippen molar-refractivity contribution in [3.63, 3.8) is 0 Å². The molecule has 2 aromatic rings. The fraction of sp³-hybridized carbons (Fsp3) is 0.154. The zero-order chi connectivity index (χ0) is 12.4. The number of anilines is 1. The maximum absolute atomic E-state index is 11.8. The van der Waals surface area contributed by atoms with Crippen LogP contribution in [0.4, 0.5) is 5.69 Å². The molecule has 0 aliphatic heterocycles. The van der Waals surface area contributed by atoms with Crippen LogP contribution >= 0.6 is 15.9 Å². The minimum absolute atomic E-state index is 0.248. The first-order valence-electron chi connectivity index (χ1n) is 5.20. The number of hydrogen-bond acceptors (Lipinski definition) is 2. The molecule has 0 unspecified atom stereocenters. The summed E-state index contributed by atoms with van der Waals surface area (Å²) in [5.74, 6) is 0.788. The Kier molecular flexibility index (Phi) is 3.33. The fourth-order valence-electron chi connectivity index (χ4n) is 1.46. The molecule has 0 saturated heterocycles. The van der Waals surface area contributed by atoms with Crippen molar-refractivity contribution in [3.8, 4) is 0 Å². The van der Waals surface area contributed by atoms with Crippen molar-refractivity contribution in [1.29, 1.82) is 0 Å². The lowest BCUT2D eigenvalue weighted by Gasteiger charge is -2.06.